The number of hydrogen-bond donors (Lipinski definition) is 1. The molecule has 0 spiro atoms. The Morgan fingerprint density at radius 2 is 2.17 bits per heavy atom. The van der Waals surface area contributed by atoms with Gasteiger partial charge in [0.15, 0.2) is 10.6 Å². The van der Waals surface area contributed by atoms with Crippen molar-refractivity contribution >= 4 is 31.0 Å². The molecule has 1 N–H and O–H groups in total. The van der Waals surface area contributed by atoms with Crippen LogP contribution < -0.4 is 11.2 Å². The van der Waals surface area contributed by atoms with Crippen LogP contribution >= 0.6 is 31.0 Å². The Balaban J connectivity index is 1.91. The fourth-order valence-electron chi connectivity index (χ4n) is 2.49. The van der Waals surface area contributed by atoms with Crippen molar-refractivity contribution in [2.75, 3.05) is 6.61 Å². The van der Waals surface area contributed by atoms with Crippen LogP contribution in [0, 0.1) is 0 Å². The van der Waals surface area contributed by atoms with Crippen LogP contribution in [-0.2, 0) is 22.9 Å². The minimum absolute atomic E-state index is 0.134. The molecule has 12 heteroatoms. The van der Waals surface area contributed by atoms with E-state index in [1.54, 1.807) is 13.8 Å². The Hall–Kier alpha value is -0.670. The molecule has 0 aliphatic carbocycles. The van der Waals surface area contributed by atoms with E-state index in [1.807, 2.05) is 0 Å². The van der Waals surface area contributed by atoms with E-state index < -0.39 is 47.9 Å². The van der Waals surface area contributed by atoms with Gasteiger partial charge in [0, 0.05) is 12.3 Å². The third kappa shape index (κ3) is 3.22. The van der Waals surface area contributed by atoms with Gasteiger partial charge in [-0.05, 0) is 13.8 Å². The number of phosphoric acid groups is 1. The Labute approximate surface area is 146 Å². The predicted octanol–water partition coefficient (Wildman–Crippen LogP) is 1.56. The molecule has 0 saturated carbocycles. The molecule has 9 nitrogen and oxygen atoms in total. The van der Waals surface area contributed by atoms with Crippen molar-refractivity contribution < 1.29 is 22.9 Å². The van der Waals surface area contributed by atoms with Crippen LogP contribution in [0.1, 0.15) is 20.1 Å². The lowest BCUT2D eigenvalue weighted by atomic mass is 10.2. The summed E-state index contributed by atoms with van der Waals surface area (Å²) < 4.78 is 33.1. The van der Waals surface area contributed by atoms with Crippen LogP contribution in [-0.4, -0.2) is 38.8 Å². The molecule has 2 aliphatic heterocycles. The highest BCUT2D eigenvalue weighted by Gasteiger charge is 2.62. The van der Waals surface area contributed by atoms with E-state index in [4.69, 9.17) is 41.5 Å². The van der Waals surface area contributed by atoms with Crippen molar-refractivity contribution in [3.8, 4) is 0 Å². The van der Waals surface area contributed by atoms with Gasteiger partial charge in [0.25, 0.3) is 5.56 Å². The zero-order valence-electron chi connectivity index (χ0n) is 12.7. The normalized spacial score (nSPS) is 35.1. The van der Waals surface area contributed by atoms with Crippen LogP contribution in [0.25, 0.3) is 0 Å². The van der Waals surface area contributed by atoms with Gasteiger partial charge in [-0.15, -0.1) is 0 Å². The summed E-state index contributed by atoms with van der Waals surface area (Å²) in [6.45, 7) is 3.20. The largest absolute Gasteiger partial charge is 0.475 e. The molecule has 24 heavy (non-hydrogen) atoms. The van der Waals surface area contributed by atoms with Gasteiger partial charge >= 0.3 is 13.5 Å². The summed E-state index contributed by atoms with van der Waals surface area (Å²) in [6.07, 6.45) is -2.19. The zero-order chi connectivity index (χ0) is 17.7. The average Bonchev–Trinajstić information content (AvgIpc) is 2.69. The van der Waals surface area contributed by atoms with Crippen LogP contribution in [0.5, 0.6) is 0 Å². The highest BCUT2D eigenvalue weighted by molar-refractivity contribution is 7.48. The number of nitrogens with zero attached hydrogens (tertiary/aromatic N) is 1. The van der Waals surface area contributed by atoms with Crippen molar-refractivity contribution in [3.05, 3.63) is 33.1 Å². The molecular formula is C12H15Cl2N2O7P. The Morgan fingerprint density at radius 1 is 1.46 bits per heavy atom. The number of nitrogens with one attached hydrogen (secondary N) is 1. The second kappa shape index (κ2) is 6.25. The van der Waals surface area contributed by atoms with Gasteiger partial charge in [-0.1, -0.05) is 23.2 Å². The smallest absolute Gasteiger partial charge is 0.346 e. The molecule has 0 aromatic carbocycles. The highest BCUT2D eigenvalue weighted by Crippen LogP contribution is 2.61. The SMILES string of the molecule is CC(C)OP1(=O)OC[C@H]2O[C@@H](n3ccc(=O)[nH]c3=O)C(Cl)(Cl)[C@@H]2O1. The standard InChI is InChI=1S/C12H15Cl2N2O7P/c1-6(2)22-24(19)20-5-7-9(23-24)12(13,14)10(21-7)16-4-3-8(17)15-11(16)18/h3-4,6-7,9-10H,5H2,1-2H3,(H,15,17,18)/t7-,9-,10-,24?/m1/s1. The quantitative estimate of drug-likeness (QED) is 0.605. The third-order valence-electron chi connectivity index (χ3n) is 3.43. The zero-order valence-corrected chi connectivity index (χ0v) is 15.1. The van der Waals surface area contributed by atoms with Crippen molar-refractivity contribution in [3.63, 3.8) is 0 Å². The number of hydrogen-bond acceptors (Lipinski definition) is 7. The molecule has 1 aromatic rings. The van der Waals surface area contributed by atoms with E-state index >= 15 is 0 Å². The van der Waals surface area contributed by atoms with Crippen molar-refractivity contribution in [1.29, 1.82) is 0 Å². The summed E-state index contributed by atoms with van der Waals surface area (Å²) in [5.41, 5.74) is -1.32. The molecule has 2 fully saturated rings. The highest BCUT2D eigenvalue weighted by atomic mass is 35.5. The number of phosphoric ester groups is 1. The lowest BCUT2D eigenvalue weighted by Gasteiger charge is -2.33. The van der Waals surface area contributed by atoms with E-state index in [0.717, 1.165) is 10.6 Å². The summed E-state index contributed by atoms with van der Waals surface area (Å²) >= 11 is 12.7. The molecule has 2 saturated heterocycles. The molecule has 1 aromatic heterocycles. The van der Waals surface area contributed by atoms with E-state index in [-0.39, 0.29) is 6.61 Å². The summed E-state index contributed by atoms with van der Waals surface area (Å²) in [5, 5.41) is 0. The van der Waals surface area contributed by atoms with Crippen LogP contribution in [0.2, 0.25) is 0 Å². The number of ether oxygens (including phenoxy) is 1. The van der Waals surface area contributed by atoms with Crippen molar-refractivity contribution in [2.45, 2.75) is 42.7 Å². The minimum atomic E-state index is -3.85. The first-order valence-electron chi connectivity index (χ1n) is 7.08. The topological polar surface area (TPSA) is 109 Å². The number of fused-ring (bicyclic) bond motifs is 1. The summed E-state index contributed by atoms with van der Waals surface area (Å²) in [7, 11) is -3.85. The number of halogens is 2. The van der Waals surface area contributed by atoms with Gasteiger partial charge in [0.05, 0.1) is 12.7 Å². The fourth-order valence-corrected chi connectivity index (χ4v) is 4.90. The lowest BCUT2D eigenvalue weighted by Crippen LogP contribution is -2.44. The van der Waals surface area contributed by atoms with E-state index in [2.05, 4.69) is 4.98 Å². The summed E-state index contributed by atoms with van der Waals surface area (Å²) in [6, 6.07) is 1.13. The maximum atomic E-state index is 12.5. The first-order chi connectivity index (χ1) is 11.1. The lowest BCUT2D eigenvalue weighted by molar-refractivity contribution is -0.0748. The average molecular weight is 401 g/mol. The number of aromatic nitrogens is 2. The van der Waals surface area contributed by atoms with Crippen LogP contribution in [0.4, 0.5) is 0 Å². The minimum Gasteiger partial charge on any atom is -0.346 e. The monoisotopic (exact) mass is 400 g/mol. The molecule has 3 heterocycles. The number of alkyl halides is 2. The molecule has 0 radical (unpaired) electrons. The number of aromatic amines is 1. The van der Waals surface area contributed by atoms with Crippen molar-refractivity contribution in [1.82, 2.24) is 9.55 Å². The van der Waals surface area contributed by atoms with E-state index in [1.165, 1.54) is 6.20 Å². The van der Waals surface area contributed by atoms with Gasteiger partial charge in [-0.2, -0.15) is 0 Å². The molecule has 2 aliphatic rings. The van der Waals surface area contributed by atoms with Gasteiger partial charge in [-0.3, -0.25) is 27.9 Å². The number of H-pyrrole nitrogens is 1. The molecule has 134 valence electrons. The third-order valence-corrected chi connectivity index (χ3v) is 5.87. The van der Waals surface area contributed by atoms with Gasteiger partial charge in [0.1, 0.15) is 12.2 Å². The Morgan fingerprint density at radius 3 is 2.79 bits per heavy atom. The molecule has 1 unspecified atom stereocenters. The molecule has 0 amide bonds. The second-order valence-electron chi connectivity index (χ2n) is 5.64. The maximum Gasteiger partial charge on any atom is 0.475 e. The van der Waals surface area contributed by atoms with E-state index in [0.29, 0.717) is 0 Å². The predicted molar refractivity (Wildman–Crippen MR) is 84.3 cm³/mol. The fraction of sp³-hybridized carbons (Fsp3) is 0.667. The second-order valence-corrected chi connectivity index (χ2v) is 8.66. The van der Waals surface area contributed by atoms with Crippen LogP contribution in [0.15, 0.2) is 21.9 Å². The number of rotatable bonds is 3. The first-order valence-corrected chi connectivity index (χ1v) is 9.30. The maximum absolute atomic E-state index is 12.5. The van der Waals surface area contributed by atoms with Gasteiger partial charge < -0.3 is 4.74 Å². The summed E-state index contributed by atoms with van der Waals surface area (Å²) in [4.78, 5) is 25.2. The molecular weight excluding hydrogens is 386 g/mol. The Kier molecular flexibility index (Phi) is 4.72. The molecule has 3 rings (SSSR count). The van der Waals surface area contributed by atoms with Gasteiger partial charge in [-0.25, -0.2) is 9.36 Å². The van der Waals surface area contributed by atoms with Crippen LogP contribution in [0.3, 0.4) is 0 Å². The van der Waals surface area contributed by atoms with Crippen molar-refractivity contribution in [2.24, 2.45) is 0 Å². The van der Waals surface area contributed by atoms with E-state index in [9.17, 15) is 14.2 Å². The molecule has 4 atom stereocenters. The summed E-state index contributed by atoms with van der Waals surface area (Å²) in [5.74, 6) is 0. The Bertz CT molecular complexity index is 792. The van der Waals surface area contributed by atoms with Gasteiger partial charge in [0.2, 0.25) is 0 Å². The first kappa shape index (κ1) is 18.1. The molecule has 0 bridgehead atoms.